The number of hydrogen-bond donors (Lipinski definition) is 3. The van der Waals surface area contributed by atoms with Gasteiger partial charge in [-0.3, -0.25) is 5.10 Å². The van der Waals surface area contributed by atoms with Crippen LogP contribution in [0.3, 0.4) is 0 Å². The van der Waals surface area contributed by atoms with Crippen molar-refractivity contribution in [3.8, 4) is 0 Å². The first-order valence-corrected chi connectivity index (χ1v) is 7.90. The lowest BCUT2D eigenvalue weighted by atomic mass is 10.2. The van der Waals surface area contributed by atoms with Gasteiger partial charge in [-0.2, -0.15) is 10.1 Å². The number of halogens is 2. The van der Waals surface area contributed by atoms with Crippen LogP contribution in [0.5, 0.6) is 0 Å². The molecule has 2 aromatic heterocycles. The van der Waals surface area contributed by atoms with Crippen molar-refractivity contribution in [2.45, 2.75) is 6.54 Å². The fourth-order valence-electron chi connectivity index (χ4n) is 2.54. The van der Waals surface area contributed by atoms with Crippen LogP contribution in [0.4, 0.5) is 26.4 Å². The SMILES string of the molecule is Fc1ccc(CNc2nc(Nc3ccn[nH]3)c3ccccc3n2)c(F)c1. The number of benzene rings is 2. The number of para-hydroxylation sites is 1. The van der Waals surface area contributed by atoms with Crippen molar-refractivity contribution in [1.29, 1.82) is 0 Å². The predicted octanol–water partition coefficient (Wildman–Crippen LogP) is 3.99. The first kappa shape index (κ1) is 15.9. The van der Waals surface area contributed by atoms with E-state index in [0.29, 0.717) is 23.1 Å². The van der Waals surface area contributed by atoms with E-state index in [1.807, 2.05) is 24.3 Å². The zero-order valence-electron chi connectivity index (χ0n) is 13.5. The molecule has 2 heterocycles. The molecule has 4 rings (SSSR count). The fourth-order valence-corrected chi connectivity index (χ4v) is 2.54. The highest BCUT2D eigenvalue weighted by Gasteiger charge is 2.10. The van der Waals surface area contributed by atoms with Crippen LogP contribution in [-0.4, -0.2) is 20.2 Å². The summed E-state index contributed by atoms with van der Waals surface area (Å²) in [5, 5.41) is 13.7. The predicted molar refractivity (Wildman–Crippen MR) is 95.1 cm³/mol. The molecule has 0 saturated carbocycles. The van der Waals surface area contributed by atoms with Crippen molar-refractivity contribution >= 4 is 28.5 Å². The van der Waals surface area contributed by atoms with Gasteiger partial charge in [0.2, 0.25) is 5.95 Å². The van der Waals surface area contributed by atoms with Crippen molar-refractivity contribution < 1.29 is 8.78 Å². The molecule has 0 amide bonds. The molecule has 26 heavy (non-hydrogen) atoms. The summed E-state index contributed by atoms with van der Waals surface area (Å²) in [6.45, 7) is 0.133. The van der Waals surface area contributed by atoms with Crippen LogP contribution in [0.1, 0.15) is 5.56 Å². The van der Waals surface area contributed by atoms with E-state index in [0.717, 1.165) is 17.0 Å². The highest BCUT2D eigenvalue weighted by molar-refractivity contribution is 5.91. The lowest BCUT2D eigenvalue weighted by molar-refractivity contribution is 0.574. The number of aromatic nitrogens is 4. The van der Waals surface area contributed by atoms with Crippen molar-refractivity contribution in [3.63, 3.8) is 0 Å². The number of rotatable bonds is 5. The smallest absolute Gasteiger partial charge is 0.225 e. The molecule has 0 radical (unpaired) electrons. The lowest BCUT2D eigenvalue weighted by Gasteiger charge is -2.11. The molecule has 2 aromatic carbocycles. The van der Waals surface area contributed by atoms with E-state index in [9.17, 15) is 8.78 Å². The van der Waals surface area contributed by atoms with E-state index >= 15 is 0 Å². The van der Waals surface area contributed by atoms with E-state index in [-0.39, 0.29) is 6.54 Å². The van der Waals surface area contributed by atoms with E-state index in [2.05, 4.69) is 30.8 Å². The normalized spacial score (nSPS) is 10.8. The number of nitrogens with zero attached hydrogens (tertiary/aromatic N) is 3. The maximum atomic E-state index is 13.8. The zero-order chi connectivity index (χ0) is 17.9. The minimum Gasteiger partial charge on any atom is -0.350 e. The minimum absolute atomic E-state index is 0.133. The van der Waals surface area contributed by atoms with Crippen LogP contribution in [-0.2, 0) is 6.54 Å². The molecule has 3 N–H and O–H groups in total. The zero-order valence-corrected chi connectivity index (χ0v) is 13.5. The average Bonchev–Trinajstić information content (AvgIpc) is 3.14. The molecule has 8 heteroatoms. The Morgan fingerprint density at radius 2 is 1.88 bits per heavy atom. The van der Waals surface area contributed by atoms with Gasteiger partial charge in [-0.25, -0.2) is 13.8 Å². The summed E-state index contributed by atoms with van der Waals surface area (Å²) in [5.74, 6) is 0.370. The van der Waals surface area contributed by atoms with Gasteiger partial charge in [0.1, 0.15) is 23.3 Å². The largest absolute Gasteiger partial charge is 0.350 e. The Hall–Kier alpha value is -3.55. The number of fused-ring (bicyclic) bond motifs is 1. The molecule has 130 valence electrons. The second kappa shape index (κ2) is 6.75. The standard InChI is InChI=1S/C18H14F2N6/c19-12-6-5-11(14(20)9-12)10-21-18-23-15-4-2-1-3-13(15)17(25-18)24-16-7-8-22-26-16/h1-9H,10H2,(H3,21,22,23,24,25,26). The van der Waals surface area contributed by atoms with Crippen molar-refractivity contribution in [1.82, 2.24) is 20.2 Å². The Morgan fingerprint density at radius 1 is 1.00 bits per heavy atom. The molecule has 0 atom stereocenters. The molecular weight excluding hydrogens is 338 g/mol. The number of aromatic amines is 1. The van der Waals surface area contributed by atoms with Crippen LogP contribution in [0.25, 0.3) is 10.9 Å². The molecule has 0 bridgehead atoms. The van der Waals surface area contributed by atoms with E-state index in [1.54, 1.807) is 12.3 Å². The Balaban J connectivity index is 1.64. The third-order valence-electron chi connectivity index (χ3n) is 3.81. The van der Waals surface area contributed by atoms with Gasteiger partial charge in [0.05, 0.1) is 11.7 Å². The van der Waals surface area contributed by atoms with Gasteiger partial charge in [-0.15, -0.1) is 0 Å². The summed E-state index contributed by atoms with van der Waals surface area (Å²) in [6.07, 6.45) is 1.63. The Bertz CT molecular complexity index is 1050. The monoisotopic (exact) mass is 352 g/mol. The number of nitrogens with one attached hydrogen (secondary N) is 3. The summed E-state index contributed by atoms with van der Waals surface area (Å²) in [5.41, 5.74) is 1.05. The maximum absolute atomic E-state index is 13.8. The number of hydrogen-bond acceptors (Lipinski definition) is 5. The van der Waals surface area contributed by atoms with Crippen LogP contribution in [0.15, 0.2) is 54.7 Å². The van der Waals surface area contributed by atoms with Gasteiger partial charge < -0.3 is 10.6 Å². The van der Waals surface area contributed by atoms with Crippen LogP contribution < -0.4 is 10.6 Å². The fraction of sp³-hybridized carbons (Fsp3) is 0.0556. The Labute approximate surface area is 147 Å². The van der Waals surface area contributed by atoms with Gasteiger partial charge in [-0.1, -0.05) is 18.2 Å². The van der Waals surface area contributed by atoms with Gasteiger partial charge in [0, 0.05) is 29.6 Å². The third-order valence-corrected chi connectivity index (χ3v) is 3.81. The van der Waals surface area contributed by atoms with E-state index in [4.69, 9.17) is 0 Å². The van der Waals surface area contributed by atoms with Gasteiger partial charge in [-0.05, 0) is 18.2 Å². The summed E-state index contributed by atoms with van der Waals surface area (Å²) in [4.78, 5) is 8.90. The second-order valence-electron chi connectivity index (χ2n) is 5.60. The highest BCUT2D eigenvalue weighted by atomic mass is 19.1. The molecule has 6 nitrogen and oxygen atoms in total. The third kappa shape index (κ3) is 3.30. The summed E-state index contributed by atoms with van der Waals surface area (Å²) in [7, 11) is 0. The molecule has 0 fully saturated rings. The molecule has 0 saturated heterocycles. The second-order valence-corrected chi connectivity index (χ2v) is 5.60. The first-order chi connectivity index (χ1) is 12.7. The summed E-state index contributed by atoms with van der Waals surface area (Å²) < 4.78 is 26.8. The van der Waals surface area contributed by atoms with Gasteiger partial charge >= 0.3 is 0 Å². The van der Waals surface area contributed by atoms with Gasteiger partial charge in [0.15, 0.2) is 0 Å². The first-order valence-electron chi connectivity index (χ1n) is 7.90. The Kier molecular flexibility index (Phi) is 4.14. The lowest BCUT2D eigenvalue weighted by Crippen LogP contribution is -2.07. The van der Waals surface area contributed by atoms with Crippen LogP contribution >= 0.6 is 0 Å². The quantitative estimate of drug-likeness (QED) is 0.506. The molecule has 0 aliphatic rings. The van der Waals surface area contributed by atoms with Crippen molar-refractivity contribution in [3.05, 3.63) is 71.9 Å². The maximum Gasteiger partial charge on any atom is 0.225 e. The summed E-state index contributed by atoms with van der Waals surface area (Å²) in [6, 6.07) is 12.8. The van der Waals surface area contributed by atoms with Crippen molar-refractivity contribution in [2.75, 3.05) is 10.6 Å². The number of H-pyrrole nitrogens is 1. The molecule has 0 aliphatic carbocycles. The minimum atomic E-state index is -0.617. The average molecular weight is 352 g/mol. The molecule has 0 aliphatic heterocycles. The molecule has 0 unspecified atom stereocenters. The summed E-state index contributed by atoms with van der Waals surface area (Å²) >= 11 is 0. The van der Waals surface area contributed by atoms with Crippen molar-refractivity contribution in [2.24, 2.45) is 0 Å². The van der Waals surface area contributed by atoms with E-state index < -0.39 is 11.6 Å². The molecular formula is C18H14F2N6. The molecule has 0 spiro atoms. The van der Waals surface area contributed by atoms with Gasteiger partial charge in [0.25, 0.3) is 0 Å². The Morgan fingerprint density at radius 3 is 2.69 bits per heavy atom. The molecule has 4 aromatic rings. The van der Waals surface area contributed by atoms with Crippen LogP contribution in [0.2, 0.25) is 0 Å². The van der Waals surface area contributed by atoms with Crippen LogP contribution in [0, 0.1) is 11.6 Å². The number of anilines is 3. The van der Waals surface area contributed by atoms with E-state index in [1.165, 1.54) is 12.1 Å². The topological polar surface area (TPSA) is 78.5 Å². The highest BCUT2D eigenvalue weighted by Crippen LogP contribution is 2.24.